The van der Waals surface area contributed by atoms with Crippen molar-refractivity contribution >= 4 is 5.91 Å². The Kier molecular flexibility index (Phi) is 4.50. The Hall–Kier alpha value is -1.70. The monoisotopic (exact) mass is 343 g/mol. The molecule has 24 heavy (non-hydrogen) atoms. The third kappa shape index (κ3) is 3.38. The number of morpholine rings is 1. The standard InChI is InChI=1S/C16H20F3N3O2/c1-9-8-22(5-6-24-9)15(23)11-3-4-13-12(7-11)14(16(17,18)19)21-10(2)20-13/h9,11H,3-8H2,1-2H3/t9-,11-/m0/s1. The van der Waals surface area contributed by atoms with Crippen LogP contribution in [0.2, 0.25) is 0 Å². The molecule has 1 aliphatic heterocycles. The quantitative estimate of drug-likeness (QED) is 0.784. The minimum absolute atomic E-state index is 0.0460. The summed E-state index contributed by atoms with van der Waals surface area (Å²) in [6.45, 7) is 4.78. The van der Waals surface area contributed by atoms with Gasteiger partial charge in [-0.2, -0.15) is 13.2 Å². The molecular weight excluding hydrogens is 323 g/mol. The zero-order valence-electron chi connectivity index (χ0n) is 13.7. The van der Waals surface area contributed by atoms with E-state index in [0.717, 1.165) is 0 Å². The number of carbonyl (C=O) groups excluding carboxylic acids is 1. The molecule has 0 aromatic carbocycles. The van der Waals surface area contributed by atoms with Gasteiger partial charge in [-0.05, 0) is 33.1 Å². The van der Waals surface area contributed by atoms with Crippen molar-refractivity contribution in [2.24, 2.45) is 5.92 Å². The van der Waals surface area contributed by atoms with Gasteiger partial charge in [0.1, 0.15) is 5.82 Å². The van der Waals surface area contributed by atoms with Crippen LogP contribution in [0.15, 0.2) is 0 Å². The number of nitrogens with zero attached hydrogens (tertiary/aromatic N) is 3. The van der Waals surface area contributed by atoms with Crippen molar-refractivity contribution in [2.45, 2.75) is 45.4 Å². The van der Waals surface area contributed by atoms with Gasteiger partial charge in [0.2, 0.25) is 5.91 Å². The van der Waals surface area contributed by atoms with Crippen molar-refractivity contribution < 1.29 is 22.7 Å². The molecule has 2 atom stereocenters. The number of aryl methyl sites for hydroxylation is 2. The lowest BCUT2D eigenvalue weighted by Crippen LogP contribution is -2.48. The van der Waals surface area contributed by atoms with E-state index in [0.29, 0.717) is 38.2 Å². The van der Waals surface area contributed by atoms with Gasteiger partial charge in [0.25, 0.3) is 0 Å². The maximum absolute atomic E-state index is 13.3. The van der Waals surface area contributed by atoms with Gasteiger partial charge in [-0.25, -0.2) is 9.97 Å². The Bertz CT molecular complexity index is 648. The summed E-state index contributed by atoms with van der Waals surface area (Å²) in [5.74, 6) is -0.424. The third-order valence-corrected chi connectivity index (χ3v) is 4.56. The highest BCUT2D eigenvalue weighted by Crippen LogP contribution is 2.36. The molecule has 1 saturated heterocycles. The lowest BCUT2D eigenvalue weighted by atomic mass is 9.84. The van der Waals surface area contributed by atoms with Crippen LogP contribution in [0.25, 0.3) is 0 Å². The minimum Gasteiger partial charge on any atom is -0.375 e. The van der Waals surface area contributed by atoms with Crippen molar-refractivity contribution in [1.82, 2.24) is 14.9 Å². The molecule has 1 aliphatic carbocycles. The fraction of sp³-hybridized carbons (Fsp3) is 0.688. The fourth-order valence-corrected chi connectivity index (χ4v) is 3.46. The van der Waals surface area contributed by atoms with Crippen LogP contribution in [0, 0.1) is 12.8 Å². The van der Waals surface area contributed by atoms with Crippen LogP contribution in [0.3, 0.4) is 0 Å². The number of halogens is 3. The van der Waals surface area contributed by atoms with Gasteiger partial charge in [-0.3, -0.25) is 4.79 Å². The average molecular weight is 343 g/mol. The van der Waals surface area contributed by atoms with Crippen LogP contribution >= 0.6 is 0 Å². The number of rotatable bonds is 1. The number of hydrogen-bond acceptors (Lipinski definition) is 4. The van der Waals surface area contributed by atoms with E-state index < -0.39 is 17.8 Å². The minimum atomic E-state index is -4.53. The summed E-state index contributed by atoms with van der Waals surface area (Å²) in [5, 5.41) is 0. The number of amides is 1. The first kappa shape index (κ1) is 17.1. The van der Waals surface area contributed by atoms with E-state index in [1.165, 1.54) is 6.92 Å². The summed E-state index contributed by atoms with van der Waals surface area (Å²) in [5.41, 5.74) is -0.383. The van der Waals surface area contributed by atoms with Crippen molar-refractivity contribution in [3.05, 3.63) is 22.8 Å². The number of fused-ring (bicyclic) bond motifs is 1. The summed E-state index contributed by atoms with van der Waals surface area (Å²) >= 11 is 0. The topological polar surface area (TPSA) is 55.3 Å². The zero-order chi connectivity index (χ0) is 17.5. The van der Waals surface area contributed by atoms with Crippen molar-refractivity contribution in [1.29, 1.82) is 0 Å². The van der Waals surface area contributed by atoms with Crippen molar-refractivity contribution in [2.75, 3.05) is 19.7 Å². The van der Waals surface area contributed by atoms with Gasteiger partial charge in [0, 0.05) is 30.3 Å². The average Bonchev–Trinajstić information content (AvgIpc) is 2.52. The SMILES string of the molecule is Cc1nc2c(c(C(F)(F)F)n1)C[C@@H](C(=O)N1CCO[C@@H](C)C1)CC2. The van der Waals surface area contributed by atoms with Crippen LogP contribution in [-0.4, -0.2) is 46.6 Å². The Morgan fingerprint density at radius 1 is 1.33 bits per heavy atom. The molecule has 0 bridgehead atoms. The molecule has 0 unspecified atom stereocenters. The molecule has 1 fully saturated rings. The largest absolute Gasteiger partial charge is 0.433 e. The van der Waals surface area contributed by atoms with E-state index in [1.54, 1.807) is 4.90 Å². The van der Waals surface area contributed by atoms with Crippen LogP contribution < -0.4 is 0 Å². The number of ether oxygens (including phenoxy) is 1. The summed E-state index contributed by atoms with van der Waals surface area (Å²) < 4.78 is 45.3. The fourth-order valence-electron chi connectivity index (χ4n) is 3.46. The van der Waals surface area contributed by atoms with Crippen molar-refractivity contribution in [3.63, 3.8) is 0 Å². The summed E-state index contributed by atoms with van der Waals surface area (Å²) in [6.07, 6.45) is -3.63. The van der Waals surface area contributed by atoms with E-state index in [-0.39, 0.29) is 29.8 Å². The van der Waals surface area contributed by atoms with E-state index >= 15 is 0 Å². The highest BCUT2D eigenvalue weighted by atomic mass is 19.4. The predicted octanol–water partition coefficient (Wildman–Crippen LogP) is 2.16. The van der Waals surface area contributed by atoms with Gasteiger partial charge in [-0.15, -0.1) is 0 Å². The van der Waals surface area contributed by atoms with E-state index in [9.17, 15) is 18.0 Å². The van der Waals surface area contributed by atoms with Gasteiger partial charge in [0.15, 0.2) is 5.69 Å². The molecule has 2 heterocycles. The highest BCUT2D eigenvalue weighted by Gasteiger charge is 2.40. The first-order chi connectivity index (χ1) is 11.3. The zero-order valence-corrected chi connectivity index (χ0v) is 13.7. The van der Waals surface area contributed by atoms with Gasteiger partial charge < -0.3 is 9.64 Å². The summed E-state index contributed by atoms with van der Waals surface area (Å²) in [4.78, 5) is 22.1. The summed E-state index contributed by atoms with van der Waals surface area (Å²) in [7, 11) is 0. The molecule has 132 valence electrons. The second kappa shape index (κ2) is 6.31. The summed E-state index contributed by atoms with van der Waals surface area (Å²) in [6, 6.07) is 0. The molecule has 8 heteroatoms. The van der Waals surface area contributed by atoms with E-state index in [2.05, 4.69) is 9.97 Å². The lowest BCUT2D eigenvalue weighted by molar-refractivity contribution is -0.145. The second-order valence-corrected chi connectivity index (χ2v) is 6.45. The molecule has 0 spiro atoms. The maximum atomic E-state index is 13.3. The van der Waals surface area contributed by atoms with Crippen LogP contribution in [0.1, 0.15) is 36.1 Å². The van der Waals surface area contributed by atoms with E-state index in [4.69, 9.17) is 4.74 Å². The second-order valence-electron chi connectivity index (χ2n) is 6.45. The maximum Gasteiger partial charge on any atom is 0.433 e. The number of hydrogen-bond donors (Lipinski definition) is 0. The molecule has 1 amide bonds. The van der Waals surface area contributed by atoms with Crippen LogP contribution in [0.4, 0.5) is 13.2 Å². The van der Waals surface area contributed by atoms with Crippen molar-refractivity contribution in [3.8, 4) is 0 Å². The Morgan fingerprint density at radius 2 is 2.08 bits per heavy atom. The molecule has 1 aromatic heterocycles. The van der Waals surface area contributed by atoms with Crippen LogP contribution in [0.5, 0.6) is 0 Å². The number of carbonyl (C=O) groups is 1. The predicted molar refractivity (Wildman–Crippen MR) is 79.3 cm³/mol. The molecule has 5 nitrogen and oxygen atoms in total. The lowest BCUT2D eigenvalue weighted by Gasteiger charge is -2.35. The van der Waals surface area contributed by atoms with Gasteiger partial charge in [-0.1, -0.05) is 0 Å². The number of alkyl halides is 3. The molecule has 0 radical (unpaired) electrons. The van der Waals surface area contributed by atoms with E-state index in [1.807, 2.05) is 6.92 Å². The molecule has 0 saturated carbocycles. The van der Waals surface area contributed by atoms with Gasteiger partial charge >= 0.3 is 6.18 Å². The molecule has 1 aromatic rings. The Labute approximate surface area is 138 Å². The van der Waals surface area contributed by atoms with Gasteiger partial charge in [0.05, 0.1) is 12.7 Å². The van der Waals surface area contributed by atoms with Crippen LogP contribution in [-0.2, 0) is 28.5 Å². The smallest absolute Gasteiger partial charge is 0.375 e. The molecule has 0 N–H and O–H groups in total. The Morgan fingerprint density at radius 3 is 2.75 bits per heavy atom. The Balaban J connectivity index is 1.84. The number of aromatic nitrogens is 2. The first-order valence-corrected chi connectivity index (χ1v) is 8.09. The first-order valence-electron chi connectivity index (χ1n) is 8.09. The normalized spacial score (nSPS) is 24.6. The molecule has 3 rings (SSSR count). The highest BCUT2D eigenvalue weighted by molar-refractivity contribution is 5.79. The molecule has 2 aliphatic rings. The third-order valence-electron chi connectivity index (χ3n) is 4.56. The molecular formula is C16H20F3N3O2.